The van der Waals surface area contributed by atoms with Crippen LogP contribution in [-0.2, 0) is 0 Å². The second-order valence-corrected chi connectivity index (χ2v) is 6.50. The number of nitrogens with one attached hydrogen (secondary N) is 1. The number of rotatable bonds is 6. The van der Waals surface area contributed by atoms with Gasteiger partial charge in [-0.05, 0) is 43.9 Å². The van der Waals surface area contributed by atoms with Crippen molar-refractivity contribution in [2.75, 3.05) is 6.54 Å². The molecule has 1 heterocycles. The molecule has 0 saturated heterocycles. The maximum Gasteiger partial charge on any atom is 0.138 e. The Labute approximate surface area is 117 Å². The third-order valence-corrected chi connectivity index (χ3v) is 2.78. The molecule has 0 aliphatic carbocycles. The molecule has 3 heteroatoms. The van der Waals surface area contributed by atoms with Crippen LogP contribution < -0.4 is 10.1 Å². The Morgan fingerprint density at radius 2 is 1.95 bits per heavy atom. The van der Waals surface area contributed by atoms with Gasteiger partial charge in [0.05, 0.1) is 12.3 Å². The Morgan fingerprint density at radius 1 is 1.26 bits per heavy atom. The van der Waals surface area contributed by atoms with E-state index in [4.69, 9.17) is 4.74 Å². The summed E-state index contributed by atoms with van der Waals surface area (Å²) in [5.74, 6) is 0.851. The number of pyridine rings is 1. The van der Waals surface area contributed by atoms with E-state index < -0.39 is 0 Å². The molecule has 0 aliphatic rings. The van der Waals surface area contributed by atoms with Gasteiger partial charge >= 0.3 is 0 Å². The highest BCUT2D eigenvalue weighted by atomic mass is 16.5. The number of hydrogen-bond donors (Lipinski definition) is 1. The van der Waals surface area contributed by atoms with Gasteiger partial charge in [-0.15, -0.1) is 0 Å². The van der Waals surface area contributed by atoms with Crippen molar-refractivity contribution in [2.45, 2.75) is 60.1 Å². The smallest absolute Gasteiger partial charge is 0.138 e. The summed E-state index contributed by atoms with van der Waals surface area (Å²) in [6, 6.07) is 2.43. The van der Waals surface area contributed by atoms with Crippen LogP contribution in [0, 0.1) is 5.41 Å². The minimum Gasteiger partial charge on any atom is -0.489 e. The highest BCUT2D eigenvalue weighted by molar-refractivity contribution is 5.26. The van der Waals surface area contributed by atoms with Gasteiger partial charge in [0.25, 0.3) is 0 Å². The van der Waals surface area contributed by atoms with Crippen molar-refractivity contribution in [3.8, 4) is 5.75 Å². The number of hydrogen-bond acceptors (Lipinski definition) is 3. The minimum absolute atomic E-state index is 0.178. The third kappa shape index (κ3) is 6.06. The van der Waals surface area contributed by atoms with E-state index in [2.05, 4.69) is 44.1 Å². The zero-order valence-corrected chi connectivity index (χ0v) is 13.2. The zero-order valence-electron chi connectivity index (χ0n) is 13.2. The second kappa shape index (κ2) is 6.90. The van der Waals surface area contributed by atoms with Crippen LogP contribution in [0.2, 0.25) is 0 Å². The van der Waals surface area contributed by atoms with Crippen molar-refractivity contribution in [1.29, 1.82) is 0 Å². The molecule has 0 amide bonds. The van der Waals surface area contributed by atoms with Gasteiger partial charge in [0.15, 0.2) is 0 Å². The Bertz CT molecular complexity index is 383. The SMILES string of the molecule is CCNC(CC(C)(C)C)c1cncc(OC(C)C)c1. The molecular weight excluding hydrogens is 236 g/mol. The Morgan fingerprint density at radius 3 is 2.47 bits per heavy atom. The molecule has 19 heavy (non-hydrogen) atoms. The van der Waals surface area contributed by atoms with Crippen molar-refractivity contribution < 1.29 is 4.74 Å². The highest BCUT2D eigenvalue weighted by Crippen LogP contribution is 2.30. The lowest BCUT2D eigenvalue weighted by atomic mass is 9.86. The molecule has 0 aromatic carbocycles. The fourth-order valence-corrected chi connectivity index (χ4v) is 2.13. The molecule has 0 fully saturated rings. The fraction of sp³-hybridized carbons (Fsp3) is 0.688. The first-order valence-corrected chi connectivity index (χ1v) is 7.17. The zero-order chi connectivity index (χ0) is 14.5. The van der Waals surface area contributed by atoms with Crippen LogP contribution in [0.1, 0.15) is 59.6 Å². The molecule has 0 aliphatic heterocycles. The molecule has 0 saturated carbocycles. The summed E-state index contributed by atoms with van der Waals surface area (Å²) in [5, 5.41) is 3.54. The Balaban J connectivity index is 2.89. The predicted molar refractivity (Wildman–Crippen MR) is 80.5 cm³/mol. The lowest BCUT2D eigenvalue weighted by molar-refractivity contribution is 0.240. The maximum absolute atomic E-state index is 5.72. The topological polar surface area (TPSA) is 34.2 Å². The van der Waals surface area contributed by atoms with Crippen molar-refractivity contribution >= 4 is 0 Å². The monoisotopic (exact) mass is 264 g/mol. The van der Waals surface area contributed by atoms with E-state index >= 15 is 0 Å². The van der Waals surface area contributed by atoms with E-state index in [1.807, 2.05) is 20.0 Å². The first-order chi connectivity index (χ1) is 8.81. The molecular formula is C16H28N2O. The van der Waals surface area contributed by atoms with Crippen LogP contribution in [-0.4, -0.2) is 17.6 Å². The summed E-state index contributed by atoms with van der Waals surface area (Å²) >= 11 is 0. The lowest BCUT2D eigenvalue weighted by Crippen LogP contribution is -2.25. The fourth-order valence-electron chi connectivity index (χ4n) is 2.13. The van der Waals surface area contributed by atoms with E-state index in [1.165, 1.54) is 5.56 Å². The van der Waals surface area contributed by atoms with E-state index in [1.54, 1.807) is 6.20 Å². The van der Waals surface area contributed by atoms with E-state index in [0.717, 1.165) is 18.7 Å². The summed E-state index contributed by atoms with van der Waals surface area (Å²) in [5.41, 5.74) is 1.48. The average Bonchev–Trinajstić information content (AvgIpc) is 2.26. The van der Waals surface area contributed by atoms with Crippen molar-refractivity contribution in [3.63, 3.8) is 0 Å². The van der Waals surface area contributed by atoms with Crippen LogP contribution in [0.5, 0.6) is 5.75 Å². The van der Waals surface area contributed by atoms with Crippen LogP contribution in [0.3, 0.4) is 0 Å². The van der Waals surface area contributed by atoms with E-state index in [-0.39, 0.29) is 11.5 Å². The molecule has 1 aromatic rings. The molecule has 0 bridgehead atoms. The molecule has 0 spiro atoms. The van der Waals surface area contributed by atoms with Gasteiger partial charge in [-0.1, -0.05) is 27.7 Å². The van der Waals surface area contributed by atoms with Gasteiger partial charge in [0, 0.05) is 12.2 Å². The first kappa shape index (κ1) is 16.0. The number of nitrogens with zero attached hydrogens (tertiary/aromatic N) is 1. The van der Waals surface area contributed by atoms with Crippen molar-refractivity contribution in [1.82, 2.24) is 10.3 Å². The normalized spacial score (nSPS) is 13.6. The Hall–Kier alpha value is -1.09. The molecule has 1 atom stereocenters. The van der Waals surface area contributed by atoms with Gasteiger partial charge in [-0.3, -0.25) is 4.98 Å². The van der Waals surface area contributed by atoms with Crippen LogP contribution in [0.25, 0.3) is 0 Å². The summed E-state index contributed by atoms with van der Waals surface area (Å²) in [7, 11) is 0. The Kier molecular flexibility index (Phi) is 5.80. The first-order valence-electron chi connectivity index (χ1n) is 7.17. The van der Waals surface area contributed by atoms with Crippen molar-refractivity contribution in [2.24, 2.45) is 5.41 Å². The average molecular weight is 264 g/mol. The van der Waals surface area contributed by atoms with Gasteiger partial charge in [-0.25, -0.2) is 0 Å². The molecule has 1 aromatic heterocycles. The summed E-state index contributed by atoms with van der Waals surface area (Å²) in [4.78, 5) is 4.31. The molecule has 0 radical (unpaired) electrons. The van der Waals surface area contributed by atoms with Gasteiger partial charge in [-0.2, -0.15) is 0 Å². The minimum atomic E-state index is 0.178. The molecule has 3 nitrogen and oxygen atoms in total. The van der Waals surface area contributed by atoms with Crippen LogP contribution in [0.15, 0.2) is 18.5 Å². The summed E-state index contributed by atoms with van der Waals surface area (Å²) in [6.07, 6.45) is 4.97. The van der Waals surface area contributed by atoms with Gasteiger partial charge < -0.3 is 10.1 Å². The third-order valence-electron chi connectivity index (χ3n) is 2.78. The summed E-state index contributed by atoms with van der Waals surface area (Å²) in [6.45, 7) is 13.9. The van der Waals surface area contributed by atoms with Crippen LogP contribution in [0.4, 0.5) is 0 Å². The van der Waals surface area contributed by atoms with Gasteiger partial charge in [0.2, 0.25) is 0 Å². The summed E-state index contributed by atoms with van der Waals surface area (Å²) < 4.78 is 5.72. The quantitative estimate of drug-likeness (QED) is 0.844. The highest BCUT2D eigenvalue weighted by Gasteiger charge is 2.20. The number of aromatic nitrogens is 1. The van der Waals surface area contributed by atoms with Crippen LogP contribution >= 0.6 is 0 Å². The predicted octanol–water partition coefficient (Wildman–Crippen LogP) is 3.96. The van der Waals surface area contributed by atoms with Gasteiger partial charge in [0.1, 0.15) is 5.75 Å². The lowest BCUT2D eigenvalue weighted by Gasteiger charge is -2.27. The second-order valence-electron chi connectivity index (χ2n) is 6.50. The molecule has 1 N–H and O–H groups in total. The largest absolute Gasteiger partial charge is 0.489 e. The molecule has 1 rings (SSSR count). The number of ether oxygens (including phenoxy) is 1. The molecule has 108 valence electrons. The van der Waals surface area contributed by atoms with Crippen molar-refractivity contribution in [3.05, 3.63) is 24.0 Å². The molecule has 1 unspecified atom stereocenters. The van der Waals surface area contributed by atoms with E-state index in [0.29, 0.717) is 6.04 Å². The maximum atomic E-state index is 5.72. The van der Waals surface area contributed by atoms with E-state index in [9.17, 15) is 0 Å². The standard InChI is InChI=1S/C16H28N2O/c1-7-18-15(9-16(4,5)6)13-8-14(11-17-10-13)19-12(2)3/h8,10-12,15,18H,7,9H2,1-6H3.